The number of fused-ring (bicyclic) bond motifs is 1. The van der Waals surface area contributed by atoms with E-state index in [0.717, 1.165) is 0 Å². The fourth-order valence-corrected chi connectivity index (χ4v) is 4.21. The number of ether oxygens (including phenoxy) is 1. The van der Waals surface area contributed by atoms with Gasteiger partial charge in [0.2, 0.25) is 5.75 Å². The van der Waals surface area contributed by atoms with Crippen LogP contribution < -0.4 is 10.3 Å². The van der Waals surface area contributed by atoms with Gasteiger partial charge >= 0.3 is 5.69 Å². The zero-order chi connectivity index (χ0) is 26.7. The van der Waals surface area contributed by atoms with Crippen molar-refractivity contribution in [2.45, 2.75) is 32.8 Å². The Morgan fingerprint density at radius 3 is 2.65 bits per heavy atom. The monoisotopic (exact) mass is 586 g/mol. The van der Waals surface area contributed by atoms with Crippen molar-refractivity contribution in [1.29, 1.82) is 0 Å². The molecular formula is C26H21BrClFN4O4. The molecule has 0 saturated heterocycles. The maximum Gasteiger partial charge on any atom is 0.313 e. The van der Waals surface area contributed by atoms with Crippen molar-refractivity contribution in [3.63, 3.8) is 0 Å². The number of nitrogens with zero attached hydrogens (tertiary/aromatic N) is 4. The summed E-state index contributed by atoms with van der Waals surface area (Å²) >= 11 is 9.54. The van der Waals surface area contributed by atoms with Gasteiger partial charge in [-0.15, -0.1) is 0 Å². The molecule has 1 atom stereocenters. The largest absolute Gasteiger partial charge is 0.481 e. The zero-order valence-corrected chi connectivity index (χ0v) is 22.2. The summed E-state index contributed by atoms with van der Waals surface area (Å²) in [6.45, 7) is 3.84. The summed E-state index contributed by atoms with van der Waals surface area (Å²) < 4.78 is 21.0. The van der Waals surface area contributed by atoms with Crippen LogP contribution in [0.2, 0.25) is 5.02 Å². The maximum atomic E-state index is 13.4. The number of hydrogen-bond acceptors (Lipinski definition) is 6. The molecule has 0 saturated carbocycles. The van der Waals surface area contributed by atoms with E-state index >= 15 is 0 Å². The van der Waals surface area contributed by atoms with Crippen LogP contribution in [0.4, 0.5) is 10.1 Å². The van der Waals surface area contributed by atoms with Gasteiger partial charge in [0.05, 0.1) is 22.0 Å². The molecule has 0 fully saturated rings. The van der Waals surface area contributed by atoms with Crippen LogP contribution in [0.3, 0.4) is 0 Å². The van der Waals surface area contributed by atoms with E-state index in [0.29, 0.717) is 33.2 Å². The summed E-state index contributed by atoms with van der Waals surface area (Å²) in [6, 6.07) is 13.4. The van der Waals surface area contributed by atoms with E-state index in [1.165, 1.54) is 47.3 Å². The Balaban J connectivity index is 1.83. The first-order valence-corrected chi connectivity index (χ1v) is 12.5. The molecular weight excluding hydrogens is 567 g/mol. The SMILES string of the molecule is CC[C@@H](C)c1nc2ccc(Br)cc2c(=O)n1N=Cc1cc(Cl)cc([N+](=O)[O-])c1OCc1ccc(F)cc1. The Hall–Kier alpha value is -3.63. The highest BCUT2D eigenvalue weighted by Gasteiger charge is 2.22. The zero-order valence-electron chi connectivity index (χ0n) is 19.8. The van der Waals surface area contributed by atoms with Gasteiger partial charge in [0, 0.05) is 27.0 Å². The van der Waals surface area contributed by atoms with Crippen molar-refractivity contribution in [1.82, 2.24) is 9.66 Å². The Labute approximate surface area is 224 Å². The Bertz CT molecular complexity index is 1570. The second kappa shape index (κ2) is 11.2. The van der Waals surface area contributed by atoms with Crippen LogP contribution >= 0.6 is 27.5 Å². The molecule has 190 valence electrons. The molecule has 8 nitrogen and oxygen atoms in total. The predicted molar refractivity (Wildman–Crippen MR) is 144 cm³/mol. The molecule has 3 aromatic carbocycles. The van der Waals surface area contributed by atoms with Gasteiger partial charge in [0.1, 0.15) is 18.2 Å². The standard InChI is InChI=1S/C26H21BrClFN4O4/c1-3-15(2)25-31-22-9-6-18(27)11-21(22)26(34)32(25)30-13-17-10-19(28)12-23(33(35)36)24(17)37-14-16-4-7-20(29)8-5-16/h4-13,15H,3,14H2,1-2H3/t15-/m1/s1. The summed E-state index contributed by atoms with van der Waals surface area (Å²) in [5, 5.41) is 16.6. The Morgan fingerprint density at radius 1 is 1.24 bits per heavy atom. The van der Waals surface area contributed by atoms with Crippen LogP contribution in [-0.2, 0) is 6.61 Å². The van der Waals surface area contributed by atoms with E-state index in [9.17, 15) is 19.3 Å². The quantitative estimate of drug-likeness (QED) is 0.128. The number of rotatable bonds is 8. The molecule has 0 spiro atoms. The van der Waals surface area contributed by atoms with E-state index in [1.807, 2.05) is 13.8 Å². The van der Waals surface area contributed by atoms with Gasteiger partial charge in [-0.25, -0.2) is 9.37 Å². The van der Waals surface area contributed by atoms with Gasteiger partial charge < -0.3 is 4.74 Å². The van der Waals surface area contributed by atoms with Gasteiger partial charge in [-0.05, 0) is 48.4 Å². The number of benzene rings is 3. The van der Waals surface area contributed by atoms with Gasteiger partial charge in [0.15, 0.2) is 0 Å². The van der Waals surface area contributed by atoms with Crippen molar-refractivity contribution in [2.24, 2.45) is 5.10 Å². The van der Waals surface area contributed by atoms with Crippen LogP contribution in [0.25, 0.3) is 10.9 Å². The molecule has 0 radical (unpaired) electrons. The van der Waals surface area contributed by atoms with Crippen LogP contribution in [0.15, 0.2) is 69.0 Å². The fourth-order valence-electron chi connectivity index (χ4n) is 3.62. The molecule has 0 aliphatic heterocycles. The molecule has 0 aliphatic carbocycles. The Kier molecular flexibility index (Phi) is 7.99. The molecule has 11 heteroatoms. The minimum atomic E-state index is -0.616. The second-order valence-electron chi connectivity index (χ2n) is 8.32. The highest BCUT2D eigenvalue weighted by Crippen LogP contribution is 2.34. The molecule has 0 amide bonds. The summed E-state index contributed by atoms with van der Waals surface area (Å²) in [5.41, 5.74) is 0.580. The molecule has 1 heterocycles. The maximum absolute atomic E-state index is 13.4. The van der Waals surface area contributed by atoms with Gasteiger partial charge in [0.25, 0.3) is 5.56 Å². The minimum absolute atomic E-state index is 0.0623. The highest BCUT2D eigenvalue weighted by molar-refractivity contribution is 9.10. The summed E-state index contributed by atoms with van der Waals surface area (Å²) in [7, 11) is 0. The highest BCUT2D eigenvalue weighted by atomic mass is 79.9. The molecule has 37 heavy (non-hydrogen) atoms. The second-order valence-corrected chi connectivity index (χ2v) is 9.67. The smallest absolute Gasteiger partial charge is 0.313 e. The summed E-state index contributed by atoms with van der Waals surface area (Å²) in [6.07, 6.45) is 2.00. The molecule has 4 rings (SSSR count). The lowest BCUT2D eigenvalue weighted by Crippen LogP contribution is -2.23. The number of aromatic nitrogens is 2. The first kappa shape index (κ1) is 26.4. The van der Waals surface area contributed by atoms with Crippen molar-refractivity contribution in [3.05, 3.63) is 107 Å². The first-order chi connectivity index (χ1) is 17.7. The van der Waals surface area contributed by atoms with Crippen LogP contribution in [0.1, 0.15) is 43.1 Å². The third-order valence-corrected chi connectivity index (χ3v) is 6.47. The number of hydrogen-bond donors (Lipinski definition) is 0. The third kappa shape index (κ3) is 5.86. The van der Waals surface area contributed by atoms with Crippen molar-refractivity contribution >= 4 is 50.3 Å². The average molecular weight is 588 g/mol. The molecule has 4 aromatic rings. The van der Waals surface area contributed by atoms with Crippen molar-refractivity contribution < 1.29 is 14.1 Å². The minimum Gasteiger partial charge on any atom is -0.481 e. The number of nitro benzene ring substituents is 1. The first-order valence-electron chi connectivity index (χ1n) is 11.3. The van der Waals surface area contributed by atoms with Crippen LogP contribution in [0.5, 0.6) is 5.75 Å². The van der Waals surface area contributed by atoms with Gasteiger partial charge in [-0.1, -0.05) is 53.5 Å². The van der Waals surface area contributed by atoms with E-state index in [1.54, 1.807) is 18.2 Å². The van der Waals surface area contributed by atoms with E-state index in [2.05, 4.69) is 26.0 Å². The van der Waals surface area contributed by atoms with Crippen LogP contribution in [-0.4, -0.2) is 20.8 Å². The van der Waals surface area contributed by atoms with E-state index in [-0.39, 0.29) is 40.1 Å². The predicted octanol–water partition coefficient (Wildman–Crippen LogP) is 6.83. The average Bonchev–Trinajstić information content (AvgIpc) is 2.87. The summed E-state index contributed by atoms with van der Waals surface area (Å²) in [5.74, 6) is -0.144. The van der Waals surface area contributed by atoms with Gasteiger partial charge in [-0.3, -0.25) is 14.9 Å². The third-order valence-electron chi connectivity index (χ3n) is 5.75. The van der Waals surface area contributed by atoms with Crippen molar-refractivity contribution in [2.75, 3.05) is 0 Å². The molecule has 0 N–H and O–H groups in total. The van der Waals surface area contributed by atoms with Gasteiger partial charge in [-0.2, -0.15) is 9.78 Å². The topological polar surface area (TPSA) is 99.6 Å². The lowest BCUT2D eigenvalue weighted by atomic mass is 10.1. The van der Waals surface area contributed by atoms with E-state index in [4.69, 9.17) is 16.3 Å². The normalized spacial score (nSPS) is 12.2. The number of halogens is 3. The van der Waals surface area contributed by atoms with E-state index < -0.39 is 10.7 Å². The number of nitro groups is 1. The molecule has 0 bridgehead atoms. The Morgan fingerprint density at radius 2 is 1.97 bits per heavy atom. The molecule has 1 aromatic heterocycles. The lowest BCUT2D eigenvalue weighted by molar-refractivity contribution is -0.385. The lowest BCUT2D eigenvalue weighted by Gasteiger charge is -2.14. The fraction of sp³-hybridized carbons (Fsp3) is 0.192. The van der Waals surface area contributed by atoms with Crippen LogP contribution in [0, 0.1) is 15.9 Å². The van der Waals surface area contributed by atoms with Crippen molar-refractivity contribution in [3.8, 4) is 5.75 Å². The molecule has 0 unspecified atom stereocenters. The molecule has 0 aliphatic rings. The summed E-state index contributed by atoms with van der Waals surface area (Å²) in [4.78, 5) is 29.2.